The van der Waals surface area contributed by atoms with E-state index in [1.54, 1.807) is 18.2 Å². The summed E-state index contributed by atoms with van der Waals surface area (Å²) >= 11 is 7.03. The average molecular weight is 215 g/mol. The van der Waals surface area contributed by atoms with Crippen molar-refractivity contribution in [3.8, 4) is 11.5 Å². The van der Waals surface area contributed by atoms with Crippen LogP contribution in [0.25, 0.3) is 10.1 Å². The predicted octanol–water partition coefficient (Wildman–Crippen LogP) is 3.05. The molecule has 0 saturated carbocycles. The van der Waals surface area contributed by atoms with E-state index < -0.39 is 0 Å². The summed E-state index contributed by atoms with van der Waals surface area (Å²) in [5.74, 6) is 0.733. The Hall–Kier alpha value is -0.930. The molecule has 1 heterocycles. The number of thiophene rings is 1. The van der Waals surface area contributed by atoms with Crippen molar-refractivity contribution in [2.45, 2.75) is 5.88 Å². The summed E-state index contributed by atoms with van der Waals surface area (Å²) in [6.45, 7) is 0. The summed E-state index contributed by atoms with van der Waals surface area (Å²) in [6.07, 6.45) is 0. The summed E-state index contributed by atoms with van der Waals surface area (Å²) in [7, 11) is 0. The Balaban J connectivity index is 2.76. The first-order valence-corrected chi connectivity index (χ1v) is 5.07. The lowest BCUT2D eigenvalue weighted by atomic mass is 10.2. The minimum atomic E-state index is 0.204. The van der Waals surface area contributed by atoms with E-state index in [2.05, 4.69) is 0 Å². The van der Waals surface area contributed by atoms with Gasteiger partial charge in [0, 0.05) is 10.1 Å². The van der Waals surface area contributed by atoms with Crippen LogP contribution < -0.4 is 0 Å². The summed E-state index contributed by atoms with van der Waals surface area (Å²) < 4.78 is 0.855. The highest BCUT2D eigenvalue weighted by Crippen LogP contribution is 2.38. The molecule has 0 bridgehead atoms. The maximum Gasteiger partial charge on any atom is 0.138 e. The number of phenolic OH excluding ortho intramolecular Hbond substituents is 1. The van der Waals surface area contributed by atoms with Gasteiger partial charge in [-0.1, -0.05) is 0 Å². The summed E-state index contributed by atoms with van der Waals surface area (Å²) in [6, 6.07) is 4.86. The van der Waals surface area contributed by atoms with Crippen molar-refractivity contribution in [1.82, 2.24) is 0 Å². The normalized spacial score (nSPS) is 10.8. The maximum atomic E-state index is 9.62. The molecule has 0 aliphatic carbocycles. The zero-order valence-corrected chi connectivity index (χ0v) is 8.19. The standard InChI is InChI=1S/C9H7ClO2S/c10-4-8-9(12)6-2-1-5(11)3-7(6)13-8/h1-3,11-12H,4H2. The van der Waals surface area contributed by atoms with Crippen LogP contribution in [0.15, 0.2) is 18.2 Å². The fraction of sp³-hybridized carbons (Fsp3) is 0.111. The summed E-state index contributed by atoms with van der Waals surface area (Å²) in [5.41, 5.74) is 0. The quantitative estimate of drug-likeness (QED) is 0.717. The average Bonchev–Trinajstić information content (AvgIpc) is 2.42. The van der Waals surface area contributed by atoms with Crippen LogP contribution in [0.2, 0.25) is 0 Å². The van der Waals surface area contributed by atoms with Crippen LogP contribution in [-0.2, 0) is 5.88 Å². The highest BCUT2D eigenvalue weighted by molar-refractivity contribution is 7.19. The molecule has 2 nitrogen and oxygen atoms in total. The largest absolute Gasteiger partial charge is 0.508 e. The van der Waals surface area contributed by atoms with Crippen LogP contribution in [0.4, 0.5) is 0 Å². The number of alkyl halides is 1. The molecule has 0 fully saturated rings. The number of phenols is 1. The monoisotopic (exact) mass is 214 g/mol. The van der Waals surface area contributed by atoms with Crippen LogP contribution in [0.3, 0.4) is 0 Å². The Kier molecular flexibility index (Phi) is 2.06. The Morgan fingerprint density at radius 1 is 1.31 bits per heavy atom. The highest BCUT2D eigenvalue weighted by atomic mass is 35.5. The number of hydrogen-bond donors (Lipinski definition) is 2. The lowest BCUT2D eigenvalue weighted by Crippen LogP contribution is -1.67. The first-order valence-electron chi connectivity index (χ1n) is 3.71. The van der Waals surface area contributed by atoms with E-state index in [0.717, 1.165) is 15.0 Å². The fourth-order valence-corrected chi connectivity index (χ4v) is 2.48. The SMILES string of the molecule is Oc1ccc2c(O)c(CCl)sc2c1. The second-order valence-electron chi connectivity index (χ2n) is 2.69. The molecule has 1 aromatic heterocycles. The number of aromatic hydroxyl groups is 2. The minimum absolute atomic E-state index is 0.204. The molecule has 68 valence electrons. The summed E-state index contributed by atoms with van der Waals surface area (Å²) in [4.78, 5) is 0.738. The van der Waals surface area contributed by atoms with Gasteiger partial charge in [0.25, 0.3) is 0 Å². The van der Waals surface area contributed by atoms with Crippen LogP contribution in [0, 0.1) is 0 Å². The van der Waals surface area contributed by atoms with E-state index >= 15 is 0 Å². The van der Waals surface area contributed by atoms with Gasteiger partial charge in [-0.3, -0.25) is 0 Å². The van der Waals surface area contributed by atoms with Gasteiger partial charge in [0.2, 0.25) is 0 Å². The molecule has 0 atom stereocenters. The van der Waals surface area contributed by atoms with E-state index in [0.29, 0.717) is 5.88 Å². The zero-order chi connectivity index (χ0) is 9.42. The number of halogens is 1. The van der Waals surface area contributed by atoms with Crippen molar-refractivity contribution in [3.05, 3.63) is 23.1 Å². The fourth-order valence-electron chi connectivity index (χ4n) is 1.21. The molecular formula is C9H7ClO2S. The lowest BCUT2D eigenvalue weighted by Gasteiger charge is -1.92. The van der Waals surface area contributed by atoms with Gasteiger partial charge in [-0.25, -0.2) is 0 Å². The second-order valence-corrected chi connectivity index (χ2v) is 4.09. The first-order chi connectivity index (χ1) is 6.22. The Morgan fingerprint density at radius 3 is 2.77 bits per heavy atom. The smallest absolute Gasteiger partial charge is 0.138 e. The highest BCUT2D eigenvalue weighted by Gasteiger charge is 2.09. The van der Waals surface area contributed by atoms with Crippen LogP contribution >= 0.6 is 22.9 Å². The molecule has 0 aliphatic rings. The number of rotatable bonds is 1. The topological polar surface area (TPSA) is 40.5 Å². The molecule has 0 radical (unpaired) electrons. The molecule has 1 aromatic carbocycles. The second kappa shape index (κ2) is 3.09. The van der Waals surface area contributed by atoms with E-state index in [4.69, 9.17) is 11.6 Å². The van der Waals surface area contributed by atoms with Gasteiger partial charge in [0.1, 0.15) is 11.5 Å². The van der Waals surface area contributed by atoms with Gasteiger partial charge < -0.3 is 10.2 Å². The molecule has 2 N–H and O–H groups in total. The molecule has 0 unspecified atom stereocenters. The van der Waals surface area contributed by atoms with E-state index in [-0.39, 0.29) is 11.5 Å². The number of hydrogen-bond acceptors (Lipinski definition) is 3. The van der Waals surface area contributed by atoms with Gasteiger partial charge in [-0.05, 0) is 18.2 Å². The van der Waals surface area contributed by atoms with Crippen LogP contribution in [-0.4, -0.2) is 10.2 Å². The van der Waals surface area contributed by atoms with Crippen molar-refractivity contribution in [2.24, 2.45) is 0 Å². The third-order valence-electron chi connectivity index (χ3n) is 1.84. The molecule has 2 rings (SSSR count). The molecule has 0 spiro atoms. The lowest BCUT2D eigenvalue weighted by molar-refractivity contribution is 0.475. The van der Waals surface area contributed by atoms with Gasteiger partial charge in [0.15, 0.2) is 0 Å². The predicted molar refractivity (Wildman–Crippen MR) is 54.7 cm³/mol. The maximum absolute atomic E-state index is 9.62. The van der Waals surface area contributed by atoms with Gasteiger partial charge in [-0.2, -0.15) is 0 Å². The molecule has 0 amide bonds. The van der Waals surface area contributed by atoms with Gasteiger partial charge in [-0.15, -0.1) is 22.9 Å². The molecule has 4 heteroatoms. The van der Waals surface area contributed by atoms with E-state index in [9.17, 15) is 10.2 Å². The van der Waals surface area contributed by atoms with Crippen LogP contribution in [0.1, 0.15) is 4.88 Å². The third-order valence-corrected chi connectivity index (χ3v) is 3.41. The molecule has 13 heavy (non-hydrogen) atoms. The van der Waals surface area contributed by atoms with Crippen LogP contribution in [0.5, 0.6) is 11.5 Å². The first kappa shape index (κ1) is 8.66. The number of benzene rings is 1. The Morgan fingerprint density at radius 2 is 2.08 bits per heavy atom. The minimum Gasteiger partial charge on any atom is -0.508 e. The molecule has 0 saturated heterocycles. The molecular weight excluding hydrogens is 208 g/mol. The van der Waals surface area contributed by atoms with Crippen molar-refractivity contribution in [1.29, 1.82) is 0 Å². The van der Waals surface area contributed by atoms with Crippen molar-refractivity contribution in [3.63, 3.8) is 0 Å². The zero-order valence-electron chi connectivity index (χ0n) is 6.62. The van der Waals surface area contributed by atoms with Crippen molar-refractivity contribution >= 4 is 33.0 Å². The van der Waals surface area contributed by atoms with Crippen molar-refractivity contribution in [2.75, 3.05) is 0 Å². The van der Waals surface area contributed by atoms with E-state index in [1.807, 2.05) is 0 Å². The van der Waals surface area contributed by atoms with E-state index in [1.165, 1.54) is 11.3 Å². The Bertz CT molecular complexity index is 450. The number of fused-ring (bicyclic) bond motifs is 1. The summed E-state index contributed by atoms with van der Waals surface area (Å²) in [5, 5.41) is 19.6. The third kappa shape index (κ3) is 1.34. The molecule has 2 aromatic rings. The van der Waals surface area contributed by atoms with Crippen molar-refractivity contribution < 1.29 is 10.2 Å². The van der Waals surface area contributed by atoms with Gasteiger partial charge >= 0.3 is 0 Å². The molecule has 0 aliphatic heterocycles. The Labute approximate surface area is 84.0 Å². The van der Waals surface area contributed by atoms with Gasteiger partial charge in [0.05, 0.1) is 10.8 Å².